The van der Waals surface area contributed by atoms with Crippen LogP contribution in [0.4, 0.5) is 0 Å². The first-order chi connectivity index (χ1) is 8.98. The van der Waals surface area contributed by atoms with Crippen molar-refractivity contribution in [1.29, 1.82) is 0 Å². The molecule has 0 aliphatic heterocycles. The van der Waals surface area contributed by atoms with Crippen LogP contribution in [0.25, 0.3) is 0 Å². The Balaban J connectivity index is 3.40. The fraction of sp³-hybridized carbons (Fsp3) is 0.923. The summed E-state index contributed by atoms with van der Waals surface area (Å²) < 4.78 is 25.2. The zero-order chi connectivity index (χ0) is 14.6. The van der Waals surface area contributed by atoms with Crippen LogP contribution in [0, 0.1) is 0 Å². The monoisotopic (exact) mass is 293 g/mol. The Morgan fingerprint density at radius 1 is 1.00 bits per heavy atom. The topological polar surface area (TPSA) is 83.5 Å². The van der Waals surface area contributed by atoms with Gasteiger partial charge in [0.05, 0.1) is 12.2 Å². The summed E-state index contributed by atoms with van der Waals surface area (Å²) in [4.78, 5) is 10.3. The molecule has 2 N–H and O–H groups in total. The highest BCUT2D eigenvalue weighted by molar-refractivity contribution is 7.89. The standard InChI is InChI=1S/C13H27NO4S/c1-2-3-4-5-6-7-8-9-11-14-19(17,18)12-10-13(15)16/h14H,2-12H2,1H3,(H,15,16). The zero-order valence-corrected chi connectivity index (χ0v) is 12.7. The maximum atomic E-state index is 11.4. The van der Waals surface area contributed by atoms with Gasteiger partial charge in [0.25, 0.3) is 0 Å². The Labute approximate surface area is 116 Å². The van der Waals surface area contributed by atoms with Crippen LogP contribution in [0.2, 0.25) is 0 Å². The SMILES string of the molecule is CCCCCCCCCCNS(=O)(=O)CCC(=O)O. The molecule has 114 valence electrons. The van der Waals surface area contributed by atoms with Crippen molar-refractivity contribution in [3.8, 4) is 0 Å². The Kier molecular flexibility index (Phi) is 10.9. The molecule has 0 fully saturated rings. The van der Waals surface area contributed by atoms with Crippen molar-refractivity contribution in [3.63, 3.8) is 0 Å². The van der Waals surface area contributed by atoms with Gasteiger partial charge in [-0.3, -0.25) is 4.79 Å². The van der Waals surface area contributed by atoms with Crippen molar-refractivity contribution >= 4 is 16.0 Å². The van der Waals surface area contributed by atoms with E-state index in [1.54, 1.807) is 0 Å². The lowest BCUT2D eigenvalue weighted by molar-refractivity contribution is -0.136. The first-order valence-corrected chi connectivity index (χ1v) is 8.82. The fourth-order valence-electron chi connectivity index (χ4n) is 1.78. The molecule has 0 radical (unpaired) electrons. The summed E-state index contributed by atoms with van der Waals surface area (Å²) in [6, 6.07) is 0. The van der Waals surface area contributed by atoms with Crippen LogP contribution in [0.5, 0.6) is 0 Å². The number of unbranched alkanes of at least 4 members (excludes halogenated alkanes) is 7. The quantitative estimate of drug-likeness (QED) is 0.511. The number of sulfonamides is 1. The van der Waals surface area contributed by atoms with Crippen LogP contribution >= 0.6 is 0 Å². The van der Waals surface area contributed by atoms with Gasteiger partial charge in [-0.25, -0.2) is 13.1 Å². The van der Waals surface area contributed by atoms with Gasteiger partial charge in [0, 0.05) is 6.54 Å². The largest absolute Gasteiger partial charge is 0.481 e. The molecule has 0 aliphatic rings. The minimum Gasteiger partial charge on any atom is -0.481 e. The molecular formula is C13H27NO4S. The van der Waals surface area contributed by atoms with Crippen molar-refractivity contribution in [2.24, 2.45) is 0 Å². The number of aliphatic carboxylic acids is 1. The second-order valence-corrected chi connectivity index (χ2v) is 6.76. The minimum atomic E-state index is -3.41. The molecule has 19 heavy (non-hydrogen) atoms. The number of hydrogen-bond donors (Lipinski definition) is 2. The van der Waals surface area contributed by atoms with Gasteiger partial charge in [-0.1, -0.05) is 51.9 Å². The summed E-state index contributed by atoms with van der Waals surface area (Å²) in [5.74, 6) is -1.42. The minimum absolute atomic E-state index is 0.334. The van der Waals surface area contributed by atoms with Crippen LogP contribution in [0.1, 0.15) is 64.7 Å². The predicted octanol–water partition coefficient (Wildman–Crippen LogP) is 2.52. The van der Waals surface area contributed by atoms with Gasteiger partial charge in [-0.2, -0.15) is 0 Å². The Bertz CT molecular complexity index is 328. The number of carboxylic acid groups (broad SMARTS) is 1. The molecule has 0 amide bonds. The van der Waals surface area contributed by atoms with Gasteiger partial charge in [0.1, 0.15) is 0 Å². The lowest BCUT2D eigenvalue weighted by atomic mass is 10.1. The van der Waals surface area contributed by atoms with Crippen molar-refractivity contribution < 1.29 is 18.3 Å². The lowest BCUT2D eigenvalue weighted by Crippen LogP contribution is -2.28. The predicted molar refractivity (Wildman–Crippen MR) is 76.7 cm³/mol. The van der Waals surface area contributed by atoms with E-state index in [1.165, 1.54) is 32.1 Å². The van der Waals surface area contributed by atoms with Gasteiger partial charge in [-0.05, 0) is 6.42 Å². The number of nitrogens with one attached hydrogen (secondary N) is 1. The third-order valence-electron chi connectivity index (χ3n) is 2.94. The van der Waals surface area contributed by atoms with E-state index in [1.807, 2.05) is 0 Å². The maximum Gasteiger partial charge on any atom is 0.304 e. The van der Waals surface area contributed by atoms with E-state index in [2.05, 4.69) is 11.6 Å². The molecule has 0 rings (SSSR count). The molecule has 0 bridgehead atoms. The highest BCUT2D eigenvalue weighted by Crippen LogP contribution is 2.08. The fourth-order valence-corrected chi connectivity index (χ4v) is 2.82. The molecule has 5 nitrogen and oxygen atoms in total. The third kappa shape index (κ3) is 13.6. The first-order valence-electron chi connectivity index (χ1n) is 7.17. The third-order valence-corrected chi connectivity index (χ3v) is 4.32. The lowest BCUT2D eigenvalue weighted by Gasteiger charge is -2.05. The maximum absolute atomic E-state index is 11.4. The van der Waals surface area contributed by atoms with Gasteiger partial charge >= 0.3 is 5.97 Å². The molecule has 0 saturated carbocycles. The summed E-state index contributed by atoms with van der Waals surface area (Å²) in [7, 11) is -3.41. The summed E-state index contributed by atoms with van der Waals surface area (Å²) in [5.41, 5.74) is 0. The average Bonchev–Trinajstić information content (AvgIpc) is 2.34. The van der Waals surface area contributed by atoms with E-state index in [0.29, 0.717) is 6.54 Å². The highest BCUT2D eigenvalue weighted by Gasteiger charge is 2.11. The van der Waals surface area contributed by atoms with Crippen molar-refractivity contribution in [2.75, 3.05) is 12.3 Å². The van der Waals surface area contributed by atoms with Gasteiger partial charge in [0.15, 0.2) is 0 Å². The van der Waals surface area contributed by atoms with Crippen molar-refractivity contribution in [2.45, 2.75) is 64.7 Å². The van der Waals surface area contributed by atoms with Gasteiger partial charge in [0.2, 0.25) is 10.0 Å². The van der Waals surface area contributed by atoms with Gasteiger partial charge < -0.3 is 5.11 Å². The van der Waals surface area contributed by atoms with Crippen LogP contribution in [-0.4, -0.2) is 31.8 Å². The highest BCUT2D eigenvalue weighted by atomic mass is 32.2. The van der Waals surface area contributed by atoms with Crippen molar-refractivity contribution in [3.05, 3.63) is 0 Å². The smallest absolute Gasteiger partial charge is 0.304 e. The van der Waals surface area contributed by atoms with Crippen LogP contribution < -0.4 is 4.72 Å². The molecule has 0 aromatic carbocycles. The summed E-state index contributed by atoms with van der Waals surface area (Å²) in [6.45, 7) is 2.60. The molecule has 0 unspecified atom stereocenters. The van der Waals surface area contributed by atoms with Gasteiger partial charge in [-0.15, -0.1) is 0 Å². The van der Waals surface area contributed by atoms with Crippen LogP contribution in [0.3, 0.4) is 0 Å². The van der Waals surface area contributed by atoms with E-state index >= 15 is 0 Å². The second-order valence-electron chi connectivity index (χ2n) is 4.83. The molecule has 0 aromatic rings. The van der Waals surface area contributed by atoms with E-state index < -0.39 is 16.0 Å². The van der Waals surface area contributed by atoms with Crippen molar-refractivity contribution in [1.82, 2.24) is 4.72 Å². The van der Waals surface area contributed by atoms with E-state index in [4.69, 9.17) is 5.11 Å². The molecule has 6 heteroatoms. The molecule has 0 spiro atoms. The molecule has 0 aliphatic carbocycles. The first kappa shape index (κ1) is 18.4. The molecule has 0 heterocycles. The van der Waals surface area contributed by atoms with E-state index in [-0.39, 0.29) is 12.2 Å². The van der Waals surface area contributed by atoms with Crippen LogP contribution in [0.15, 0.2) is 0 Å². The number of carboxylic acids is 1. The average molecular weight is 293 g/mol. The Morgan fingerprint density at radius 2 is 1.53 bits per heavy atom. The van der Waals surface area contributed by atoms with E-state index in [0.717, 1.165) is 19.3 Å². The Hall–Kier alpha value is -0.620. The summed E-state index contributed by atoms with van der Waals surface area (Å²) >= 11 is 0. The molecule has 0 aromatic heterocycles. The Morgan fingerprint density at radius 3 is 2.05 bits per heavy atom. The second kappa shape index (κ2) is 11.2. The molecule has 0 atom stereocenters. The summed E-state index contributed by atoms with van der Waals surface area (Å²) in [5, 5.41) is 8.41. The normalized spacial score (nSPS) is 11.6. The van der Waals surface area contributed by atoms with E-state index in [9.17, 15) is 13.2 Å². The molecule has 0 saturated heterocycles. The zero-order valence-electron chi connectivity index (χ0n) is 11.9. The number of carbonyl (C=O) groups is 1. The summed E-state index contributed by atoms with van der Waals surface area (Å²) in [6.07, 6.45) is 8.95. The van der Waals surface area contributed by atoms with Crippen LogP contribution in [-0.2, 0) is 14.8 Å². The number of rotatable bonds is 13. The number of hydrogen-bond acceptors (Lipinski definition) is 3. The molecular weight excluding hydrogens is 266 g/mol.